The molecule has 0 aliphatic carbocycles. The van der Waals surface area contributed by atoms with Crippen LogP contribution in [-0.2, 0) is 7.05 Å². The van der Waals surface area contributed by atoms with Gasteiger partial charge in [0.15, 0.2) is 0 Å². The Labute approximate surface area is 84.3 Å². The van der Waals surface area contributed by atoms with Gasteiger partial charge < -0.3 is 15.2 Å². The average Bonchev–Trinajstić information content (AvgIpc) is 2.59. The summed E-state index contributed by atoms with van der Waals surface area (Å²) in [4.78, 5) is 11.5. The summed E-state index contributed by atoms with van der Waals surface area (Å²) in [7, 11) is 3.77. The first-order valence-corrected chi connectivity index (χ1v) is 4.80. The fourth-order valence-electron chi connectivity index (χ4n) is 1.25. The fourth-order valence-corrected chi connectivity index (χ4v) is 1.25. The normalized spacial score (nSPS) is 10.1. The van der Waals surface area contributed by atoms with Crippen LogP contribution in [0.5, 0.6) is 0 Å². The van der Waals surface area contributed by atoms with Gasteiger partial charge in [-0.15, -0.1) is 0 Å². The minimum atomic E-state index is -0.00592. The predicted octanol–water partition coefficient (Wildman–Crippen LogP) is 0.364. The Bertz CT molecular complexity index is 293. The highest BCUT2D eigenvalue weighted by Crippen LogP contribution is 1.98. The monoisotopic (exact) mass is 195 g/mol. The second-order valence-electron chi connectivity index (χ2n) is 3.22. The third-order valence-corrected chi connectivity index (χ3v) is 2.07. The molecule has 0 saturated carbocycles. The molecule has 1 heterocycles. The van der Waals surface area contributed by atoms with Crippen LogP contribution < -0.4 is 10.6 Å². The van der Waals surface area contributed by atoms with E-state index in [-0.39, 0.29) is 5.91 Å². The summed E-state index contributed by atoms with van der Waals surface area (Å²) in [5, 5.41) is 5.89. The molecule has 0 saturated heterocycles. The topological polar surface area (TPSA) is 46.1 Å². The van der Waals surface area contributed by atoms with Crippen LogP contribution in [0.15, 0.2) is 18.3 Å². The number of hydrogen-bond donors (Lipinski definition) is 2. The Kier molecular flexibility index (Phi) is 4.19. The Hall–Kier alpha value is -1.29. The Morgan fingerprint density at radius 3 is 2.86 bits per heavy atom. The molecule has 0 aromatic carbocycles. The molecule has 1 aromatic rings. The number of aromatic nitrogens is 1. The van der Waals surface area contributed by atoms with Gasteiger partial charge in [0.2, 0.25) is 0 Å². The summed E-state index contributed by atoms with van der Waals surface area (Å²) in [5.74, 6) is -0.00592. The Morgan fingerprint density at radius 2 is 2.29 bits per heavy atom. The van der Waals surface area contributed by atoms with E-state index in [1.54, 1.807) is 0 Å². The Morgan fingerprint density at radius 1 is 1.50 bits per heavy atom. The number of amides is 1. The van der Waals surface area contributed by atoms with Gasteiger partial charge in [0.05, 0.1) is 0 Å². The molecule has 0 bridgehead atoms. The van der Waals surface area contributed by atoms with Crippen LogP contribution in [0, 0.1) is 0 Å². The van der Waals surface area contributed by atoms with E-state index in [0.29, 0.717) is 12.2 Å². The van der Waals surface area contributed by atoms with E-state index in [4.69, 9.17) is 0 Å². The molecule has 0 radical (unpaired) electrons. The van der Waals surface area contributed by atoms with Gasteiger partial charge in [-0.3, -0.25) is 4.79 Å². The van der Waals surface area contributed by atoms with Crippen molar-refractivity contribution in [1.29, 1.82) is 0 Å². The van der Waals surface area contributed by atoms with Crippen molar-refractivity contribution in [1.82, 2.24) is 15.2 Å². The van der Waals surface area contributed by atoms with Gasteiger partial charge in [-0.05, 0) is 32.1 Å². The molecule has 2 N–H and O–H groups in total. The lowest BCUT2D eigenvalue weighted by atomic mass is 10.3. The van der Waals surface area contributed by atoms with E-state index >= 15 is 0 Å². The molecule has 1 aromatic heterocycles. The highest BCUT2D eigenvalue weighted by molar-refractivity contribution is 5.92. The van der Waals surface area contributed by atoms with Crippen LogP contribution >= 0.6 is 0 Å². The third-order valence-electron chi connectivity index (χ3n) is 2.07. The van der Waals surface area contributed by atoms with Crippen molar-refractivity contribution in [2.45, 2.75) is 6.42 Å². The first-order chi connectivity index (χ1) is 6.75. The molecule has 4 heteroatoms. The summed E-state index contributed by atoms with van der Waals surface area (Å²) in [5.41, 5.74) is 0.703. The highest BCUT2D eigenvalue weighted by atomic mass is 16.1. The summed E-state index contributed by atoms with van der Waals surface area (Å²) >= 11 is 0. The quantitative estimate of drug-likeness (QED) is 0.667. The van der Waals surface area contributed by atoms with Crippen molar-refractivity contribution in [3.63, 3.8) is 0 Å². The van der Waals surface area contributed by atoms with Crippen molar-refractivity contribution >= 4 is 5.91 Å². The second kappa shape index (κ2) is 5.44. The molecule has 4 nitrogen and oxygen atoms in total. The first kappa shape index (κ1) is 10.8. The minimum Gasteiger partial charge on any atom is -0.351 e. The number of nitrogens with one attached hydrogen (secondary N) is 2. The zero-order valence-corrected chi connectivity index (χ0v) is 8.71. The molecule has 0 spiro atoms. The predicted molar refractivity (Wildman–Crippen MR) is 56.3 cm³/mol. The van der Waals surface area contributed by atoms with E-state index in [9.17, 15) is 4.79 Å². The molecule has 14 heavy (non-hydrogen) atoms. The number of rotatable bonds is 5. The number of hydrogen-bond acceptors (Lipinski definition) is 2. The lowest BCUT2D eigenvalue weighted by Gasteiger charge is -2.05. The maximum Gasteiger partial charge on any atom is 0.267 e. The zero-order chi connectivity index (χ0) is 10.4. The van der Waals surface area contributed by atoms with Crippen molar-refractivity contribution < 1.29 is 4.79 Å². The van der Waals surface area contributed by atoms with Crippen LogP contribution in [0.1, 0.15) is 16.9 Å². The van der Waals surface area contributed by atoms with Crippen molar-refractivity contribution in [3.05, 3.63) is 24.0 Å². The molecule has 78 valence electrons. The smallest absolute Gasteiger partial charge is 0.267 e. The molecule has 1 amide bonds. The van der Waals surface area contributed by atoms with Crippen LogP contribution in [0.2, 0.25) is 0 Å². The van der Waals surface area contributed by atoms with Gasteiger partial charge >= 0.3 is 0 Å². The lowest BCUT2D eigenvalue weighted by molar-refractivity contribution is 0.0945. The van der Waals surface area contributed by atoms with Gasteiger partial charge in [-0.25, -0.2) is 0 Å². The molecule has 0 fully saturated rings. The molecule has 0 atom stereocenters. The van der Waals surface area contributed by atoms with Gasteiger partial charge in [-0.1, -0.05) is 0 Å². The average molecular weight is 195 g/mol. The molecular weight excluding hydrogens is 178 g/mol. The third kappa shape index (κ3) is 2.88. The standard InChI is InChI=1S/C10H17N3O/c1-11-6-4-7-12-10(14)9-5-3-8-13(9)2/h3,5,8,11H,4,6-7H2,1-2H3,(H,12,14). The van der Waals surface area contributed by atoms with Gasteiger partial charge in [-0.2, -0.15) is 0 Å². The lowest BCUT2D eigenvalue weighted by Crippen LogP contribution is -2.27. The van der Waals surface area contributed by atoms with Gasteiger partial charge in [0.1, 0.15) is 5.69 Å². The van der Waals surface area contributed by atoms with Crippen molar-refractivity contribution in [3.8, 4) is 0 Å². The van der Waals surface area contributed by atoms with Crippen LogP contribution in [-0.4, -0.2) is 30.6 Å². The maximum atomic E-state index is 11.5. The van der Waals surface area contributed by atoms with E-state index < -0.39 is 0 Å². The molecule has 0 aliphatic rings. The molecule has 1 rings (SSSR count). The first-order valence-electron chi connectivity index (χ1n) is 4.80. The Balaban J connectivity index is 2.32. The number of aryl methyl sites for hydroxylation is 1. The summed E-state index contributed by atoms with van der Waals surface area (Å²) in [6.45, 7) is 1.64. The zero-order valence-electron chi connectivity index (χ0n) is 8.71. The van der Waals surface area contributed by atoms with E-state index in [1.165, 1.54) is 0 Å². The van der Waals surface area contributed by atoms with Gasteiger partial charge in [0, 0.05) is 19.8 Å². The van der Waals surface area contributed by atoms with E-state index in [1.807, 2.05) is 37.0 Å². The maximum absolute atomic E-state index is 11.5. The molecule has 0 unspecified atom stereocenters. The van der Waals surface area contributed by atoms with E-state index in [0.717, 1.165) is 13.0 Å². The largest absolute Gasteiger partial charge is 0.351 e. The summed E-state index contributed by atoms with van der Waals surface area (Å²) < 4.78 is 1.81. The van der Waals surface area contributed by atoms with Crippen LogP contribution in [0.25, 0.3) is 0 Å². The van der Waals surface area contributed by atoms with Crippen LogP contribution in [0.4, 0.5) is 0 Å². The number of carbonyl (C=O) groups excluding carboxylic acids is 1. The van der Waals surface area contributed by atoms with E-state index in [2.05, 4.69) is 10.6 Å². The van der Waals surface area contributed by atoms with Crippen molar-refractivity contribution in [2.75, 3.05) is 20.1 Å². The van der Waals surface area contributed by atoms with Crippen LogP contribution in [0.3, 0.4) is 0 Å². The summed E-state index contributed by atoms with van der Waals surface area (Å²) in [6.07, 6.45) is 2.81. The van der Waals surface area contributed by atoms with Gasteiger partial charge in [0.25, 0.3) is 5.91 Å². The molecule has 0 aliphatic heterocycles. The summed E-state index contributed by atoms with van der Waals surface area (Å²) in [6, 6.07) is 3.68. The molecular formula is C10H17N3O. The highest BCUT2D eigenvalue weighted by Gasteiger charge is 2.06. The SMILES string of the molecule is CNCCCNC(=O)c1cccn1C. The second-order valence-corrected chi connectivity index (χ2v) is 3.22. The fraction of sp³-hybridized carbons (Fsp3) is 0.500. The number of nitrogens with zero attached hydrogens (tertiary/aromatic N) is 1. The van der Waals surface area contributed by atoms with Crippen molar-refractivity contribution in [2.24, 2.45) is 7.05 Å². The minimum absolute atomic E-state index is 0.00592. The number of carbonyl (C=O) groups is 1.